The van der Waals surface area contributed by atoms with E-state index in [1.807, 2.05) is 24.4 Å². The molecule has 1 aromatic heterocycles. The van der Waals surface area contributed by atoms with E-state index in [0.717, 1.165) is 10.2 Å². The van der Waals surface area contributed by atoms with Crippen LogP contribution in [0.5, 0.6) is 0 Å². The van der Waals surface area contributed by atoms with Gasteiger partial charge in [0.15, 0.2) is 4.47 Å². The second kappa shape index (κ2) is 5.34. The molecule has 2 aromatic rings. The van der Waals surface area contributed by atoms with Crippen molar-refractivity contribution in [3.63, 3.8) is 0 Å². The Morgan fingerprint density at radius 1 is 1.40 bits per heavy atom. The molecule has 2 rings (SSSR count). The van der Waals surface area contributed by atoms with E-state index in [1.54, 1.807) is 11.8 Å². The SMILES string of the molecule is Clc1ncc(CSc2ccccc2Br)s1. The first kappa shape index (κ1) is 11.5. The summed E-state index contributed by atoms with van der Waals surface area (Å²) in [6, 6.07) is 8.18. The van der Waals surface area contributed by atoms with Crippen LogP contribution < -0.4 is 0 Å². The third-order valence-corrected chi connectivity index (χ3v) is 5.11. The van der Waals surface area contributed by atoms with Gasteiger partial charge in [-0.25, -0.2) is 4.98 Å². The van der Waals surface area contributed by atoms with Gasteiger partial charge in [-0.15, -0.1) is 23.1 Å². The van der Waals surface area contributed by atoms with E-state index in [4.69, 9.17) is 11.6 Å². The van der Waals surface area contributed by atoms with Crippen molar-refractivity contribution < 1.29 is 0 Å². The van der Waals surface area contributed by atoms with Gasteiger partial charge in [-0.3, -0.25) is 0 Å². The fourth-order valence-electron chi connectivity index (χ4n) is 1.06. The lowest BCUT2D eigenvalue weighted by atomic mass is 10.4. The first-order chi connectivity index (χ1) is 7.25. The number of aromatic nitrogens is 1. The van der Waals surface area contributed by atoms with E-state index < -0.39 is 0 Å². The van der Waals surface area contributed by atoms with Gasteiger partial charge >= 0.3 is 0 Å². The van der Waals surface area contributed by atoms with Crippen LogP contribution in [0.15, 0.2) is 39.8 Å². The summed E-state index contributed by atoms with van der Waals surface area (Å²) in [5.41, 5.74) is 0. The van der Waals surface area contributed by atoms with Crippen molar-refractivity contribution in [2.45, 2.75) is 10.6 Å². The van der Waals surface area contributed by atoms with E-state index in [9.17, 15) is 0 Å². The molecule has 1 aromatic carbocycles. The van der Waals surface area contributed by atoms with Crippen molar-refractivity contribution >= 4 is 50.6 Å². The molecule has 78 valence electrons. The Labute approximate surface area is 110 Å². The highest BCUT2D eigenvalue weighted by atomic mass is 79.9. The van der Waals surface area contributed by atoms with Crippen molar-refractivity contribution in [3.05, 3.63) is 44.3 Å². The Balaban J connectivity index is 2.02. The molecule has 0 saturated carbocycles. The third kappa shape index (κ3) is 3.21. The van der Waals surface area contributed by atoms with Gasteiger partial charge in [-0.05, 0) is 28.1 Å². The van der Waals surface area contributed by atoms with Crippen LogP contribution in [0.1, 0.15) is 4.88 Å². The zero-order chi connectivity index (χ0) is 10.7. The van der Waals surface area contributed by atoms with Crippen LogP contribution in [0.25, 0.3) is 0 Å². The van der Waals surface area contributed by atoms with Gasteiger partial charge in [0.1, 0.15) is 0 Å². The number of thioether (sulfide) groups is 1. The molecule has 0 unspecified atom stereocenters. The summed E-state index contributed by atoms with van der Waals surface area (Å²) in [4.78, 5) is 6.44. The predicted molar refractivity (Wildman–Crippen MR) is 70.8 cm³/mol. The Bertz CT molecular complexity index is 458. The molecule has 0 aliphatic carbocycles. The lowest BCUT2D eigenvalue weighted by Crippen LogP contribution is -1.76. The standard InChI is InChI=1S/C10H7BrClNS2/c11-8-3-1-2-4-9(8)14-6-7-5-13-10(12)15-7/h1-5H,6H2. The van der Waals surface area contributed by atoms with Crippen molar-refractivity contribution in [1.82, 2.24) is 4.98 Å². The summed E-state index contributed by atoms with van der Waals surface area (Å²) in [6.07, 6.45) is 1.83. The molecule has 0 bridgehead atoms. The smallest absolute Gasteiger partial charge is 0.183 e. The maximum Gasteiger partial charge on any atom is 0.183 e. The Kier molecular flexibility index (Phi) is 4.08. The number of hydrogen-bond donors (Lipinski definition) is 0. The molecule has 0 spiro atoms. The first-order valence-electron chi connectivity index (χ1n) is 4.23. The molecule has 0 saturated heterocycles. The van der Waals surface area contributed by atoms with Gasteiger partial charge in [-0.2, -0.15) is 0 Å². The molecule has 1 heterocycles. The highest BCUT2D eigenvalue weighted by molar-refractivity contribution is 9.10. The first-order valence-corrected chi connectivity index (χ1v) is 7.20. The molecule has 15 heavy (non-hydrogen) atoms. The number of nitrogens with zero attached hydrogens (tertiary/aromatic N) is 1. The highest BCUT2D eigenvalue weighted by Crippen LogP contribution is 2.31. The third-order valence-electron chi connectivity index (χ3n) is 1.73. The van der Waals surface area contributed by atoms with Crippen LogP contribution in [0.4, 0.5) is 0 Å². The lowest BCUT2D eigenvalue weighted by Gasteiger charge is -2.01. The molecule has 0 N–H and O–H groups in total. The van der Waals surface area contributed by atoms with E-state index in [0.29, 0.717) is 4.47 Å². The van der Waals surface area contributed by atoms with Crippen LogP contribution in [0, 0.1) is 0 Å². The molecule has 5 heteroatoms. The Morgan fingerprint density at radius 2 is 2.20 bits per heavy atom. The van der Waals surface area contributed by atoms with Gasteiger partial charge in [0, 0.05) is 26.2 Å². The van der Waals surface area contributed by atoms with E-state index in [1.165, 1.54) is 21.1 Å². The quantitative estimate of drug-likeness (QED) is 0.750. The van der Waals surface area contributed by atoms with Gasteiger partial charge in [-0.1, -0.05) is 23.7 Å². The van der Waals surface area contributed by atoms with Crippen LogP contribution in [0.3, 0.4) is 0 Å². The summed E-state index contributed by atoms with van der Waals surface area (Å²) in [6.45, 7) is 0. The zero-order valence-electron chi connectivity index (χ0n) is 7.61. The lowest BCUT2D eigenvalue weighted by molar-refractivity contribution is 1.35. The van der Waals surface area contributed by atoms with Crippen LogP contribution in [-0.4, -0.2) is 4.98 Å². The summed E-state index contributed by atoms with van der Waals surface area (Å²) >= 11 is 12.6. The van der Waals surface area contributed by atoms with Gasteiger partial charge in [0.2, 0.25) is 0 Å². The predicted octanol–water partition coefficient (Wildman–Crippen LogP) is 4.85. The maximum absolute atomic E-state index is 5.76. The van der Waals surface area contributed by atoms with E-state index in [-0.39, 0.29) is 0 Å². The zero-order valence-corrected chi connectivity index (χ0v) is 11.6. The highest BCUT2D eigenvalue weighted by Gasteiger charge is 2.02. The second-order valence-electron chi connectivity index (χ2n) is 2.80. The van der Waals surface area contributed by atoms with Gasteiger partial charge in [0.25, 0.3) is 0 Å². The Hall–Kier alpha value is -0.0300. The second-order valence-corrected chi connectivity index (χ2v) is 6.37. The normalized spacial score (nSPS) is 10.5. The van der Waals surface area contributed by atoms with Crippen molar-refractivity contribution in [1.29, 1.82) is 0 Å². The number of halogens is 2. The minimum absolute atomic E-state index is 0.609. The number of benzene rings is 1. The summed E-state index contributed by atoms with van der Waals surface area (Å²) < 4.78 is 1.74. The van der Waals surface area contributed by atoms with Crippen molar-refractivity contribution in [2.24, 2.45) is 0 Å². The summed E-state index contributed by atoms with van der Waals surface area (Å²) in [5, 5.41) is 0. The molecule has 0 aliphatic heterocycles. The molecule has 0 amide bonds. The van der Waals surface area contributed by atoms with Crippen LogP contribution in [-0.2, 0) is 5.75 Å². The summed E-state index contributed by atoms with van der Waals surface area (Å²) in [7, 11) is 0. The van der Waals surface area contributed by atoms with Crippen molar-refractivity contribution in [2.75, 3.05) is 0 Å². The molecular weight excluding hydrogens is 314 g/mol. The van der Waals surface area contributed by atoms with E-state index >= 15 is 0 Å². The number of rotatable bonds is 3. The molecular formula is C10H7BrClNS2. The van der Waals surface area contributed by atoms with Gasteiger partial charge < -0.3 is 0 Å². The summed E-state index contributed by atoms with van der Waals surface area (Å²) in [5.74, 6) is 0.910. The van der Waals surface area contributed by atoms with Crippen molar-refractivity contribution in [3.8, 4) is 0 Å². The van der Waals surface area contributed by atoms with Gasteiger partial charge in [0.05, 0.1) is 0 Å². The fourth-order valence-corrected chi connectivity index (χ4v) is 3.63. The number of hydrogen-bond acceptors (Lipinski definition) is 3. The minimum Gasteiger partial charge on any atom is -0.233 e. The topological polar surface area (TPSA) is 12.9 Å². The molecule has 0 fully saturated rings. The van der Waals surface area contributed by atoms with Crippen LogP contribution >= 0.6 is 50.6 Å². The Morgan fingerprint density at radius 3 is 2.87 bits per heavy atom. The average Bonchev–Trinajstić information content (AvgIpc) is 2.63. The minimum atomic E-state index is 0.609. The average molecular weight is 321 g/mol. The monoisotopic (exact) mass is 319 g/mol. The number of thiazole rings is 1. The van der Waals surface area contributed by atoms with E-state index in [2.05, 4.69) is 27.0 Å². The van der Waals surface area contributed by atoms with Crippen LogP contribution in [0.2, 0.25) is 4.47 Å². The molecule has 0 atom stereocenters. The molecule has 0 radical (unpaired) electrons. The maximum atomic E-state index is 5.76. The fraction of sp³-hybridized carbons (Fsp3) is 0.100. The molecule has 0 aliphatic rings. The molecule has 1 nitrogen and oxygen atoms in total. The largest absolute Gasteiger partial charge is 0.233 e.